The number of esters is 1. The van der Waals surface area contributed by atoms with Gasteiger partial charge in [0.1, 0.15) is 6.61 Å². The lowest BCUT2D eigenvalue weighted by molar-refractivity contribution is -0.142. The molecule has 0 unspecified atom stereocenters. The van der Waals surface area contributed by atoms with Crippen LogP contribution < -0.4 is 0 Å². The fraction of sp³-hybridized carbons (Fsp3) is 0.947. The number of hydrogen-bond donors (Lipinski definition) is 0. The van der Waals surface area contributed by atoms with Gasteiger partial charge >= 0.3 is 5.97 Å². The molecule has 156 valence electrons. The van der Waals surface area contributed by atoms with E-state index in [1.54, 1.807) is 0 Å². The highest BCUT2D eigenvalue weighted by atomic mass is 16.6. The molecule has 0 radical (unpaired) electrons. The van der Waals surface area contributed by atoms with Crippen molar-refractivity contribution in [1.82, 2.24) is 0 Å². The molecule has 7 nitrogen and oxygen atoms in total. The standard InChI is InChI=1S/C19H38O7/c1-3-4-5-6-7-8-21-9-10-22-11-12-23-13-14-24-15-16-25-17-18-26-19(2)20/h3-18H2,1-2H3. The van der Waals surface area contributed by atoms with E-state index in [2.05, 4.69) is 6.92 Å². The monoisotopic (exact) mass is 378 g/mol. The number of ether oxygens (including phenoxy) is 6. The predicted molar refractivity (Wildman–Crippen MR) is 99.5 cm³/mol. The lowest BCUT2D eigenvalue weighted by Gasteiger charge is -2.08. The predicted octanol–water partition coefficient (Wildman–Crippen LogP) is 2.60. The van der Waals surface area contributed by atoms with Crippen LogP contribution in [0.25, 0.3) is 0 Å². The van der Waals surface area contributed by atoms with Crippen molar-refractivity contribution >= 4 is 5.97 Å². The lowest BCUT2D eigenvalue weighted by Crippen LogP contribution is -2.14. The molecule has 0 saturated heterocycles. The molecule has 0 heterocycles. The maximum Gasteiger partial charge on any atom is 0.302 e. The Morgan fingerprint density at radius 3 is 1.35 bits per heavy atom. The van der Waals surface area contributed by atoms with Crippen molar-refractivity contribution in [2.24, 2.45) is 0 Å². The zero-order valence-electron chi connectivity index (χ0n) is 16.7. The van der Waals surface area contributed by atoms with E-state index in [4.69, 9.17) is 28.4 Å². The van der Waals surface area contributed by atoms with Crippen molar-refractivity contribution in [3.05, 3.63) is 0 Å². The Bertz CT molecular complexity index is 287. The van der Waals surface area contributed by atoms with Crippen LogP contribution in [0.5, 0.6) is 0 Å². The fourth-order valence-corrected chi connectivity index (χ4v) is 2.03. The van der Waals surface area contributed by atoms with Crippen LogP contribution in [0.3, 0.4) is 0 Å². The van der Waals surface area contributed by atoms with Crippen molar-refractivity contribution in [1.29, 1.82) is 0 Å². The zero-order chi connectivity index (χ0) is 19.1. The maximum atomic E-state index is 10.5. The molecule has 0 amide bonds. The zero-order valence-corrected chi connectivity index (χ0v) is 16.7. The molecule has 0 N–H and O–H groups in total. The molecule has 0 rings (SSSR count). The number of unbranched alkanes of at least 4 members (excludes halogenated alkanes) is 4. The van der Waals surface area contributed by atoms with Crippen molar-refractivity contribution in [3.63, 3.8) is 0 Å². The van der Waals surface area contributed by atoms with Crippen molar-refractivity contribution in [2.75, 3.05) is 72.7 Å². The van der Waals surface area contributed by atoms with Gasteiger partial charge in [-0.2, -0.15) is 0 Å². The van der Waals surface area contributed by atoms with Gasteiger partial charge in [0.25, 0.3) is 0 Å². The Morgan fingerprint density at radius 2 is 0.923 bits per heavy atom. The van der Waals surface area contributed by atoms with E-state index in [0.717, 1.165) is 13.0 Å². The second-order valence-electron chi connectivity index (χ2n) is 5.82. The van der Waals surface area contributed by atoms with Crippen LogP contribution in [-0.2, 0) is 33.2 Å². The molecule has 7 heteroatoms. The molecule has 0 bridgehead atoms. The van der Waals surface area contributed by atoms with Crippen LogP contribution in [0.2, 0.25) is 0 Å². The number of hydrogen-bond acceptors (Lipinski definition) is 7. The molecule has 26 heavy (non-hydrogen) atoms. The smallest absolute Gasteiger partial charge is 0.302 e. The van der Waals surface area contributed by atoms with Gasteiger partial charge in [-0.25, -0.2) is 0 Å². The summed E-state index contributed by atoms with van der Waals surface area (Å²) in [6, 6.07) is 0. The molecule has 0 fully saturated rings. The SMILES string of the molecule is CCCCCCCOCCOCCOCCOCCOCCOC(C)=O. The molecular formula is C19H38O7. The van der Waals surface area contributed by atoms with E-state index in [9.17, 15) is 4.79 Å². The third-order valence-electron chi connectivity index (χ3n) is 3.41. The quantitative estimate of drug-likeness (QED) is 0.224. The Balaban J connectivity index is 2.98. The van der Waals surface area contributed by atoms with Gasteiger partial charge in [-0.3, -0.25) is 4.79 Å². The Hall–Kier alpha value is -0.730. The normalized spacial score (nSPS) is 11.0. The molecule has 0 atom stereocenters. The molecule has 0 aromatic carbocycles. The fourth-order valence-electron chi connectivity index (χ4n) is 2.03. The van der Waals surface area contributed by atoms with Crippen LogP contribution in [0.4, 0.5) is 0 Å². The van der Waals surface area contributed by atoms with Crippen LogP contribution >= 0.6 is 0 Å². The molecule has 0 aliphatic heterocycles. The average Bonchev–Trinajstić information content (AvgIpc) is 2.62. The van der Waals surface area contributed by atoms with Crippen LogP contribution in [0.15, 0.2) is 0 Å². The van der Waals surface area contributed by atoms with E-state index in [-0.39, 0.29) is 12.6 Å². The Morgan fingerprint density at radius 1 is 0.538 bits per heavy atom. The molecule has 0 aromatic heterocycles. The molecule has 0 aromatic rings. The first-order valence-corrected chi connectivity index (χ1v) is 9.79. The molecule has 0 aliphatic rings. The lowest BCUT2D eigenvalue weighted by atomic mass is 10.2. The summed E-state index contributed by atoms with van der Waals surface area (Å²) in [5, 5.41) is 0. The topological polar surface area (TPSA) is 72.5 Å². The summed E-state index contributed by atoms with van der Waals surface area (Å²) in [4.78, 5) is 10.5. The molecule has 0 spiro atoms. The van der Waals surface area contributed by atoms with E-state index in [1.165, 1.54) is 32.6 Å². The van der Waals surface area contributed by atoms with Gasteiger partial charge in [-0.1, -0.05) is 32.6 Å². The number of carbonyl (C=O) groups excluding carboxylic acids is 1. The summed E-state index contributed by atoms with van der Waals surface area (Å²) in [6.07, 6.45) is 6.29. The van der Waals surface area contributed by atoms with E-state index < -0.39 is 0 Å². The van der Waals surface area contributed by atoms with Gasteiger partial charge in [0, 0.05) is 13.5 Å². The summed E-state index contributed by atoms with van der Waals surface area (Å²) < 4.78 is 31.7. The summed E-state index contributed by atoms with van der Waals surface area (Å²) in [7, 11) is 0. The van der Waals surface area contributed by atoms with Crippen molar-refractivity contribution < 1.29 is 33.2 Å². The van der Waals surface area contributed by atoms with Gasteiger partial charge in [0.2, 0.25) is 0 Å². The van der Waals surface area contributed by atoms with Crippen molar-refractivity contribution in [2.45, 2.75) is 46.0 Å². The largest absolute Gasteiger partial charge is 0.463 e. The highest BCUT2D eigenvalue weighted by Crippen LogP contribution is 2.02. The maximum absolute atomic E-state index is 10.5. The Kier molecular flexibility index (Phi) is 21.7. The van der Waals surface area contributed by atoms with E-state index in [0.29, 0.717) is 59.5 Å². The summed E-state index contributed by atoms with van der Waals surface area (Å²) >= 11 is 0. The minimum atomic E-state index is -0.295. The molecular weight excluding hydrogens is 340 g/mol. The average molecular weight is 379 g/mol. The number of rotatable bonds is 21. The first-order valence-electron chi connectivity index (χ1n) is 9.79. The second kappa shape index (κ2) is 22.3. The highest BCUT2D eigenvalue weighted by Gasteiger charge is 1.95. The minimum absolute atomic E-state index is 0.280. The van der Waals surface area contributed by atoms with E-state index >= 15 is 0 Å². The third-order valence-corrected chi connectivity index (χ3v) is 3.41. The second-order valence-corrected chi connectivity index (χ2v) is 5.82. The van der Waals surface area contributed by atoms with Gasteiger partial charge in [-0.05, 0) is 6.42 Å². The van der Waals surface area contributed by atoms with Crippen LogP contribution in [0.1, 0.15) is 46.0 Å². The van der Waals surface area contributed by atoms with Gasteiger partial charge in [-0.15, -0.1) is 0 Å². The van der Waals surface area contributed by atoms with Crippen LogP contribution in [-0.4, -0.2) is 78.6 Å². The highest BCUT2D eigenvalue weighted by molar-refractivity contribution is 5.65. The molecule has 0 aliphatic carbocycles. The van der Waals surface area contributed by atoms with Crippen molar-refractivity contribution in [3.8, 4) is 0 Å². The summed E-state index contributed by atoms with van der Waals surface area (Å²) in [5.41, 5.74) is 0. The Labute approximate surface area is 158 Å². The number of carbonyl (C=O) groups is 1. The van der Waals surface area contributed by atoms with E-state index in [1.807, 2.05) is 0 Å². The first kappa shape index (κ1) is 25.3. The first-order chi connectivity index (χ1) is 12.8. The summed E-state index contributed by atoms with van der Waals surface area (Å²) in [5.74, 6) is -0.295. The molecule has 0 saturated carbocycles. The summed E-state index contributed by atoms with van der Waals surface area (Å²) in [6.45, 7) is 9.50. The van der Waals surface area contributed by atoms with Crippen LogP contribution in [0, 0.1) is 0 Å². The van der Waals surface area contributed by atoms with Gasteiger partial charge in [0.05, 0.1) is 59.5 Å². The minimum Gasteiger partial charge on any atom is -0.463 e. The third kappa shape index (κ3) is 23.3. The van der Waals surface area contributed by atoms with Gasteiger partial charge < -0.3 is 28.4 Å². The van der Waals surface area contributed by atoms with Gasteiger partial charge in [0.15, 0.2) is 0 Å².